The summed E-state index contributed by atoms with van der Waals surface area (Å²) in [6, 6.07) is 4.60. The second kappa shape index (κ2) is 15.2. The fourth-order valence-corrected chi connectivity index (χ4v) is 3.41. The lowest BCUT2D eigenvalue weighted by molar-refractivity contribution is 0.105. The van der Waals surface area contributed by atoms with Crippen molar-refractivity contribution >= 4 is 29.9 Å². The topological polar surface area (TPSA) is 62.0 Å². The van der Waals surface area contributed by atoms with Crippen molar-refractivity contribution in [3.8, 4) is 0 Å². The van der Waals surface area contributed by atoms with Gasteiger partial charge in [0.2, 0.25) is 0 Å². The number of hydrogen-bond acceptors (Lipinski definition) is 4. The van der Waals surface area contributed by atoms with E-state index in [0.717, 1.165) is 50.2 Å². The molecule has 1 saturated carbocycles. The Balaban J connectivity index is 0.00000364. The molecule has 0 radical (unpaired) electrons. The molecule has 0 atom stereocenters. The molecule has 1 aromatic rings. The molecule has 1 fully saturated rings. The van der Waals surface area contributed by atoms with Gasteiger partial charge in [-0.3, -0.25) is 4.99 Å². The molecule has 156 valence electrons. The molecular formula is C20H37IN4O2. The zero-order valence-electron chi connectivity index (χ0n) is 16.9. The monoisotopic (exact) mass is 492 g/mol. The maximum Gasteiger partial charge on any atom is 0.190 e. The Kier molecular flexibility index (Phi) is 13.6. The van der Waals surface area contributed by atoms with Gasteiger partial charge in [0.05, 0.1) is 6.26 Å². The summed E-state index contributed by atoms with van der Waals surface area (Å²) in [6.07, 6.45) is 10.7. The van der Waals surface area contributed by atoms with Crippen LogP contribution in [0.2, 0.25) is 0 Å². The first kappa shape index (κ1) is 24.2. The highest BCUT2D eigenvalue weighted by Gasteiger charge is 2.17. The maximum atomic E-state index is 5.58. The molecule has 6 nitrogen and oxygen atoms in total. The van der Waals surface area contributed by atoms with Gasteiger partial charge in [-0.05, 0) is 51.4 Å². The van der Waals surface area contributed by atoms with Crippen LogP contribution in [0.15, 0.2) is 27.8 Å². The van der Waals surface area contributed by atoms with E-state index in [1.807, 2.05) is 19.2 Å². The number of hydrogen-bond donors (Lipinski definition) is 2. The third-order valence-electron chi connectivity index (χ3n) is 4.98. The van der Waals surface area contributed by atoms with Crippen molar-refractivity contribution in [1.82, 2.24) is 15.5 Å². The van der Waals surface area contributed by atoms with Gasteiger partial charge in [-0.2, -0.15) is 0 Å². The minimum atomic E-state index is 0. The summed E-state index contributed by atoms with van der Waals surface area (Å²) in [7, 11) is 4.09. The van der Waals surface area contributed by atoms with Gasteiger partial charge in [-0.25, -0.2) is 0 Å². The molecule has 2 N–H and O–H groups in total. The molecule has 1 heterocycles. The Bertz CT molecular complexity index is 490. The second-order valence-corrected chi connectivity index (χ2v) is 7.04. The molecule has 1 aromatic heterocycles. The predicted octanol–water partition coefficient (Wildman–Crippen LogP) is 3.62. The van der Waals surface area contributed by atoms with E-state index in [0.29, 0.717) is 13.2 Å². The summed E-state index contributed by atoms with van der Waals surface area (Å²) < 4.78 is 10.8. The number of aliphatic imine (C=N–C) groups is 1. The highest BCUT2D eigenvalue weighted by Crippen LogP contribution is 2.21. The lowest BCUT2D eigenvalue weighted by Crippen LogP contribution is -2.40. The number of guanidine groups is 1. The average Bonchev–Trinajstić information content (AvgIpc) is 3.20. The molecule has 27 heavy (non-hydrogen) atoms. The lowest BCUT2D eigenvalue weighted by Gasteiger charge is -2.31. The Hall–Kier alpha value is -0.800. The molecular weight excluding hydrogens is 455 g/mol. The van der Waals surface area contributed by atoms with E-state index in [1.165, 1.54) is 32.1 Å². The minimum absolute atomic E-state index is 0. The van der Waals surface area contributed by atoms with Crippen LogP contribution in [0.1, 0.15) is 50.7 Å². The second-order valence-electron chi connectivity index (χ2n) is 7.04. The summed E-state index contributed by atoms with van der Waals surface area (Å²) >= 11 is 0. The van der Waals surface area contributed by atoms with Crippen molar-refractivity contribution in [3.63, 3.8) is 0 Å². The van der Waals surface area contributed by atoms with Crippen LogP contribution >= 0.6 is 24.0 Å². The van der Waals surface area contributed by atoms with E-state index in [2.05, 4.69) is 27.6 Å². The van der Waals surface area contributed by atoms with E-state index in [1.54, 1.807) is 6.26 Å². The number of rotatable bonds is 11. The van der Waals surface area contributed by atoms with Crippen LogP contribution in [0.5, 0.6) is 0 Å². The maximum absolute atomic E-state index is 5.58. The first-order chi connectivity index (χ1) is 12.8. The predicted molar refractivity (Wildman–Crippen MR) is 122 cm³/mol. The van der Waals surface area contributed by atoms with Crippen LogP contribution in [0.25, 0.3) is 0 Å². The summed E-state index contributed by atoms with van der Waals surface area (Å²) in [5, 5.41) is 6.73. The number of nitrogens with one attached hydrogen (secondary N) is 2. The van der Waals surface area contributed by atoms with Crippen molar-refractivity contribution in [3.05, 3.63) is 24.2 Å². The summed E-state index contributed by atoms with van der Waals surface area (Å²) in [5.41, 5.74) is 0. The summed E-state index contributed by atoms with van der Waals surface area (Å²) in [4.78, 5) is 6.81. The fourth-order valence-electron chi connectivity index (χ4n) is 3.41. The molecule has 0 bridgehead atoms. The van der Waals surface area contributed by atoms with Gasteiger partial charge in [0, 0.05) is 32.8 Å². The van der Waals surface area contributed by atoms with Crippen LogP contribution in [0.4, 0.5) is 0 Å². The van der Waals surface area contributed by atoms with Gasteiger partial charge < -0.3 is 24.7 Å². The van der Waals surface area contributed by atoms with Gasteiger partial charge in [0.15, 0.2) is 5.96 Å². The first-order valence-corrected chi connectivity index (χ1v) is 10.0. The van der Waals surface area contributed by atoms with Crippen molar-refractivity contribution in [2.24, 2.45) is 4.99 Å². The van der Waals surface area contributed by atoms with E-state index in [-0.39, 0.29) is 24.0 Å². The first-order valence-electron chi connectivity index (χ1n) is 10.0. The molecule has 1 aliphatic rings. The van der Waals surface area contributed by atoms with E-state index >= 15 is 0 Å². The Morgan fingerprint density at radius 2 is 1.96 bits per heavy atom. The van der Waals surface area contributed by atoms with E-state index in [9.17, 15) is 0 Å². The largest absolute Gasteiger partial charge is 0.467 e. The van der Waals surface area contributed by atoms with Gasteiger partial charge >= 0.3 is 0 Å². The van der Waals surface area contributed by atoms with Crippen molar-refractivity contribution in [2.75, 3.05) is 40.3 Å². The van der Waals surface area contributed by atoms with Crippen molar-refractivity contribution in [2.45, 2.75) is 57.6 Å². The zero-order chi connectivity index (χ0) is 18.5. The molecule has 0 aromatic carbocycles. The number of nitrogens with zero attached hydrogens (tertiary/aromatic N) is 2. The standard InChI is InChI=1S/C20H36N4O2.HI/c1-21-20(23-13-8-15-25-17-19-11-6-16-26-19)22-12-7-14-24(2)18-9-4-3-5-10-18;/h6,11,16,18H,3-5,7-10,12-15,17H2,1-2H3,(H2,21,22,23);1H. The van der Waals surface area contributed by atoms with Crippen molar-refractivity contribution < 1.29 is 9.15 Å². The van der Waals surface area contributed by atoms with E-state index in [4.69, 9.17) is 9.15 Å². The van der Waals surface area contributed by atoms with Crippen LogP contribution in [-0.2, 0) is 11.3 Å². The normalized spacial score (nSPS) is 15.6. The summed E-state index contributed by atoms with van der Waals surface area (Å²) in [5.74, 6) is 1.74. The van der Waals surface area contributed by atoms with Crippen LogP contribution in [-0.4, -0.2) is 57.2 Å². The minimum Gasteiger partial charge on any atom is -0.467 e. The van der Waals surface area contributed by atoms with Crippen LogP contribution < -0.4 is 10.6 Å². The van der Waals surface area contributed by atoms with Crippen LogP contribution in [0, 0.1) is 0 Å². The SMILES string of the molecule is CN=C(NCCCOCc1ccco1)NCCCN(C)C1CCCCC1.I. The molecule has 0 saturated heterocycles. The lowest BCUT2D eigenvalue weighted by atomic mass is 9.94. The molecule has 7 heteroatoms. The average molecular weight is 492 g/mol. The quantitative estimate of drug-likeness (QED) is 0.214. The molecule has 0 spiro atoms. The van der Waals surface area contributed by atoms with Gasteiger partial charge in [-0.15, -0.1) is 24.0 Å². The molecule has 0 aliphatic heterocycles. The zero-order valence-corrected chi connectivity index (χ0v) is 19.2. The Labute approximate surface area is 181 Å². The fraction of sp³-hybridized carbons (Fsp3) is 0.750. The highest BCUT2D eigenvalue weighted by molar-refractivity contribution is 14.0. The third kappa shape index (κ3) is 10.4. The molecule has 0 amide bonds. The third-order valence-corrected chi connectivity index (χ3v) is 4.98. The Morgan fingerprint density at radius 3 is 2.63 bits per heavy atom. The number of furan rings is 1. The van der Waals surface area contributed by atoms with Gasteiger partial charge in [0.1, 0.15) is 12.4 Å². The molecule has 1 aliphatic carbocycles. The van der Waals surface area contributed by atoms with Crippen LogP contribution in [0.3, 0.4) is 0 Å². The van der Waals surface area contributed by atoms with Crippen molar-refractivity contribution in [1.29, 1.82) is 0 Å². The van der Waals surface area contributed by atoms with Gasteiger partial charge in [-0.1, -0.05) is 19.3 Å². The van der Waals surface area contributed by atoms with E-state index < -0.39 is 0 Å². The number of ether oxygens (including phenoxy) is 1. The Morgan fingerprint density at radius 1 is 1.22 bits per heavy atom. The highest BCUT2D eigenvalue weighted by atomic mass is 127. The summed E-state index contributed by atoms with van der Waals surface area (Å²) in [6.45, 7) is 4.19. The molecule has 2 rings (SSSR count). The smallest absolute Gasteiger partial charge is 0.190 e. The molecule has 0 unspecified atom stereocenters. The number of halogens is 1. The van der Waals surface area contributed by atoms with Gasteiger partial charge in [0.25, 0.3) is 0 Å².